The number of nitrogens with zero attached hydrogens (tertiary/aromatic N) is 1. The molecule has 2 aromatic rings. The lowest BCUT2D eigenvalue weighted by Crippen LogP contribution is -2.33. The number of rotatable bonds is 6. The Morgan fingerprint density at radius 1 is 1.38 bits per heavy atom. The van der Waals surface area contributed by atoms with Gasteiger partial charge in [0, 0.05) is 17.0 Å². The summed E-state index contributed by atoms with van der Waals surface area (Å²) in [6, 6.07) is 6.11. The molecular weight excluding hydrogens is 314 g/mol. The second kappa shape index (κ2) is 6.05. The van der Waals surface area contributed by atoms with Crippen LogP contribution in [0.25, 0.3) is 10.9 Å². The van der Waals surface area contributed by atoms with Crippen LogP contribution < -0.4 is 10.5 Å². The molecule has 1 aromatic carbocycles. The summed E-state index contributed by atoms with van der Waals surface area (Å²) in [5.41, 5.74) is 5.54. The summed E-state index contributed by atoms with van der Waals surface area (Å²) in [4.78, 5) is 11.5. The van der Waals surface area contributed by atoms with E-state index in [1.807, 2.05) is 6.92 Å². The number of primary amides is 1. The number of nitrogens with one attached hydrogen (secondary N) is 1. The maximum atomic E-state index is 12.4. The minimum Gasteiger partial charge on any atom is -0.364 e. The van der Waals surface area contributed by atoms with Gasteiger partial charge in [0.15, 0.2) is 0 Å². The molecule has 1 heterocycles. The van der Waals surface area contributed by atoms with Crippen molar-refractivity contribution in [3.63, 3.8) is 0 Å². The molecule has 0 saturated heterocycles. The van der Waals surface area contributed by atoms with E-state index in [1.54, 1.807) is 18.2 Å². The summed E-state index contributed by atoms with van der Waals surface area (Å²) in [5.74, 6) is -0.816. The van der Waals surface area contributed by atoms with E-state index in [2.05, 4.69) is 4.72 Å². The van der Waals surface area contributed by atoms with E-state index in [0.29, 0.717) is 28.9 Å². The Morgan fingerprint density at radius 3 is 2.71 bits per heavy atom. The van der Waals surface area contributed by atoms with Crippen LogP contribution in [0.1, 0.15) is 30.3 Å². The first-order chi connectivity index (χ1) is 9.86. The SMILES string of the molecule is CCCCNS(=O)(=O)n1c(C(N)=O)cc2cc(Cl)ccc21. The first kappa shape index (κ1) is 15.8. The van der Waals surface area contributed by atoms with Gasteiger partial charge in [-0.25, -0.2) is 3.97 Å². The number of halogens is 1. The normalized spacial score (nSPS) is 11.9. The molecule has 6 nitrogen and oxygen atoms in total. The highest BCUT2D eigenvalue weighted by Crippen LogP contribution is 2.24. The van der Waals surface area contributed by atoms with Crippen molar-refractivity contribution in [2.45, 2.75) is 19.8 Å². The number of nitrogens with two attached hydrogens (primary N) is 1. The fourth-order valence-corrected chi connectivity index (χ4v) is 3.57. The maximum Gasteiger partial charge on any atom is 0.306 e. The Morgan fingerprint density at radius 2 is 2.10 bits per heavy atom. The molecule has 0 radical (unpaired) electrons. The van der Waals surface area contributed by atoms with Gasteiger partial charge < -0.3 is 5.73 Å². The van der Waals surface area contributed by atoms with E-state index in [1.165, 1.54) is 6.07 Å². The van der Waals surface area contributed by atoms with Gasteiger partial charge >= 0.3 is 10.2 Å². The second-order valence-electron chi connectivity index (χ2n) is 4.61. The highest BCUT2D eigenvalue weighted by molar-refractivity contribution is 7.88. The van der Waals surface area contributed by atoms with E-state index in [9.17, 15) is 13.2 Å². The van der Waals surface area contributed by atoms with Gasteiger partial charge in [-0.05, 0) is 30.7 Å². The third-order valence-electron chi connectivity index (χ3n) is 3.03. The van der Waals surface area contributed by atoms with Gasteiger partial charge in [0.25, 0.3) is 5.91 Å². The van der Waals surface area contributed by atoms with Gasteiger partial charge in [0.2, 0.25) is 0 Å². The first-order valence-corrected chi connectivity index (χ1v) is 8.29. The molecule has 0 unspecified atom stereocenters. The highest BCUT2D eigenvalue weighted by atomic mass is 35.5. The van der Waals surface area contributed by atoms with Crippen molar-refractivity contribution in [2.24, 2.45) is 5.73 Å². The van der Waals surface area contributed by atoms with Crippen molar-refractivity contribution >= 4 is 38.6 Å². The molecule has 114 valence electrons. The van der Waals surface area contributed by atoms with Gasteiger partial charge in [0.1, 0.15) is 5.69 Å². The zero-order valence-electron chi connectivity index (χ0n) is 11.5. The number of benzene rings is 1. The lowest BCUT2D eigenvalue weighted by Gasteiger charge is -2.11. The lowest BCUT2D eigenvalue weighted by molar-refractivity contribution is 0.0995. The van der Waals surface area contributed by atoms with Gasteiger partial charge in [-0.15, -0.1) is 0 Å². The standard InChI is InChI=1S/C13H16ClN3O3S/c1-2-3-6-16-21(19,20)17-11-5-4-10(14)7-9(11)8-12(17)13(15)18/h4-5,7-8,16H,2-3,6H2,1H3,(H2,15,18). The smallest absolute Gasteiger partial charge is 0.306 e. The van der Waals surface area contributed by atoms with E-state index in [4.69, 9.17) is 17.3 Å². The number of aromatic nitrogens is 1. The Labute approximate surface area is 128 Å². The van der Waals surface area contributed by atoms with Gasteiger partial charge in [-0.3, -0.25) is 4.79 Å². The summed E-state index contributed by atoms with van der Waals surface area (Å²) in [6.45, 7) is 2.25. The Bertz CT molecular complexity index is 783. The third-order valence-corrected chi connectivity index (χ3v) is 4.71. The summed E-state index contributed by atoms with van der Waals surface area (Å²) in [5, 5.41) is 0.990. The van der Waals surface area contributed by atoms with Crippen LogP contribution in [0.5, 0.6) is 0 Å². The van der Waals surface area contributed by atoms with Crippen LogP contribution >= 0.6 is 11.6 Å². The predicted octanol–water partition coefficient (Wildman–Crippen LogP) is 1.88. The molecule has 1 amide bonds. The van der Waals surface area contributed by atoms with Crippen LogP contribution in [-0.4, -0.2) is 24.8 Å². The summed E-state index contributed by atoms with van der Waals surface area (Å²) in [7, 11) is -3.88. The first-order valence-electron chi connectivity index (χ1n) is 6.48. The third kappa shape index (κ3) is 3.20. The molecule has 0 spiro atoms. The number of hydrogen-bond acceptors (Lipinski definition) is 3. The van der Waals surface area contributed by atoms with Crippen molar-refractivity contribution in [3.05, 3.63) is 35.0 Å². The van der Waals surface area contributed by atoms with Crippen LogP contribution in [0.3, 0.4) is 0 Å². The van der Waals surface area contributed by atoms with Crippen molar-refractivity contribution < 1.29 is 13.2 Å². The molecule has 21 heavy (non-hydrogen) atoms. The van der Waals surface area contributed by atoms with Crippen LogP contribution in [-0.2, 0) is 10.2 Å². The van der Waals surface area contributed by atoms with Crippen molar-refractivity contribution in [3.8, 4) is 0 Å². The fourth-order valence-electron chi connectivity index (χ4n) is 2.03. The molecule has 3 N–H and O–H groups in total. The number of unbranched alkanes of at least 4 members (excludes halogenated alkanes) is 1. The van der Waals surface area contributed by atoms with Gasteiger partial charge in [-0.1, -0.05) is 24.9 Å². The molecule has 0 atom stereocenters. The minimum absolute atomic E-state index is 0.101. The van der Waals surface area contributed by atoms with Crippen LogP contribution in [0.2, 0.25) is 5.02 Å². The predicted molar refractivity (Wildman–Crippen MR) is 82.7 cm³/mol. The number of carbonyl (C=O) groups excluding carboxylic acids is 1. The largest absolute Gasteiger partial charge is 0.364 e. The van der Waals surface area contributed by atoms with E-state index >= 15 is 0 Å². The Hall–Kier alpha value is -1.57. The zero-order valence-corrected chi connectivity index (χ0v) is 13.0. The Kier molecular flexibility index (Phi) is 4.55. The average molecular weight is 330 g/mol. The van der Waals surface area contributed by atoms with Crippen LogP contribution in [0.4, 0.5) is 0 Å². The average Bonchev–Trinajstić information content (AvgIpc) is 2.78. The van der Waals surface area contributed by atoms with Crippen LogP contribution in [0.15, 0.2) is 24.3 Å². The minimum atomic E-state index is -3.88. The number of hydrogen-bond donors (Lipinski definition) is 2. The number of amides is 1. The summed E-state index contributed by atoms with van der Waals surface area (Å²) in [6.07, 6.45) is 1.56. The Balaban J connectivity index is 2.60. The molecular formula is C13H16ClN3O3S. The van der Waals surface area contributed by atoms with Crippen LogP contribution in [0, 0.1) is 0 Å². The summed E-state index contributed by atoms with van der Waals surface area (Å²) < 4.78 is 28.2. The lowest BCUT2D eigenvalue weighted by atomic mass is 10.2. The van der Waals surface area contributed by atoms with Gasteiger partial charge in [-0.2, -0.15) is 13.1 Å². The second-order valence-corrected chi connectivity index (χ2v) is 6.65. The quantitative estimate of drug-likeness (QED) is 0.792. The zero-order chi connectivity index (χ0) is 15.6. The molecule has 0 aliphatic heterocycles. The van der Waals surface area contributed by atoms with Gasteiger partial charge in [0.05, 0.1) is 5.52 Å². The van der Waals surface area contributed by atoms with Crippen molar-refractivity contribution in [2.75, 3.05) is 6.54 Å². The fraction of sp³-hybridized carbons (Fsp3) is 0.308. The number of fused-ring (bicyclic) bond motifs is 1. The molecule has 1 aromatic heterocycles. The molecule has 0 aliphatic carbocycles. The van der Waals surface area contributed by atoms with Crippen molar-refractivity contribution in [1.82, 2.24) is 8.69 Å². The van der Waals surface area contributed by atoms with E-state index in [0.717, 1.165) is 10.4 Å². The topological polar surface area (TPSA) is 94.2 Å². The van der Waals surface area contributed by atoms with E-state index < -0.39 is 16.1 Å². The van der Waals surface area contributed by atoms with E-state index in [-0.39, 0.29) is 5.69 Å². The monoisotopic (exact) mass is 329 g/mol. The molecule has 8 heteroatoms. The maximum absolute atomic E-state index is 12.4. The number of carbonyl (C=O) groups is 1. The molecule has 0 aliphatic rings. The molecule has 2 rings (SSSR count). The summed E-state index contributed by atoms with van der Waals surface area (Å²) >= 11 is 5.89. The molecule has 0 fully saturated rings. The molecule has 0 saturated carbocycles. The molecule has 0 bridgehead atoms. The van der Waals surface area contributed by atoms with Crippen molar-refractivity contribution in [1.29, 1.82) is 0 Å². The highest BCUT2D eigenvalue weighted by Gasteiger charge is 2.23.